The Hall–Kier alpha value is -3.62. The molecule has 0 saturated heterocycles. The van der Waals surface area contributed by atoms with E-state index in [0.29, 0.717) is 22.2 Å². The summed E-state index contributed by atoms with van der Waals surface area (Å²) in [5, 5.41) is 5.83. The van der Waals surface area contributed by atoms with Gasteiger partial charge in [0.2, 0.25) is 15.2 Å². The van der Waals surface area contributed by atoms with Gasteiger partial charge in [-0.05, 0) is 54.6 Å². The predicted molar refractivity (Wildman–Crippen MR) is 148 cm³/mol. The topological polar surface area (TPSA) is 124 Å². The molecule has 0 radical (unpaired) electrons. The SMILES string of the molecule is COCCN(CCOC)S(=O)(=O)c1ccc(C(=O)N(/N=C/c2ccco2)c2nc3ccc(OC)cc3s2)cc1. The standard InChI is InChI=1S/C26H28N4O7S2/c1-34-15-12-29(13-16-35-2)39(32,33)22-9-6-19(7-10-22)25(31)30(27-18-21-5-4-14-37-21)26-28-23-11-8-20(36-3)17-24(23)38-26/h4-11,14,17-18H,12-13,15-16H2,1-3H3/b27-18+. The Morgan fingerprint density at radius 3 is 2.38 bits per heavy atom. The number of carbonyl (C=O) groups is 1. The summed E-state index contributed by atoms with van der Waals surface area (Å²) < 4.78 is 49.3. The molecule has 39 heavy (non-hydrogen) atoms. The maximum atomic E-state index is 13.6. The van der Waals surface area contributed by atoms with E-state index >= 15 is 0 Å². The molecule has 13 heteroatoms. The van der Waals surface area contributed by atoms with Gasteiger partial charge in [-0.2, -0.15) is 14.4 Å². The molecular formula is C26H28N4O7S2. The number of anilines is 1. The minimum Gasteiger partial charge on any atom is -0.497 e. The number of benzene rings is 2. The molecule has 4 rings (SSSR count). The van der Waals surface area contributed by atoms with E-state index in [1.165, 1.54) is 66.6 Å². The first-order valence-electron chi connectivity index (χ1n) is 11.8. The number of ether oxygens (including phenoxy) is 3. The first-order valence-corrected chi connectivity index (χ1v) is 14.1. The summed E-state index contributed by atoms with van der Waals surface area (Å²) in [6.07, 6.45) is 2.91. The van der Waals surface area contributed by atoms with Gasteiger partial charge in [0.25, 0.3) is 5.91 Å². The second-order valence-electron chi connectivity index (χ2n) is 8.12. The second kappa shape index (κ2) is 13.0. The van der Waals surface area contributed by atoms with E-state index in [-0.39, 0.29) is 36.8 Å². The van der Waals surface area contributed by atoms with Crippen LogP contribution in [0.25, 0.3) is 10.2 Å². The van der Waals surface area contributed by atoms with Crippen molar-refractivity contribution in [3.63, 3.8) is 0 Å². The summed E-state index contributed by atoms with van der Waals surface area (Å²) in [7, 11) is 0.741. The largest absolute Gasteiger partial charge is 0.497 e. The van der Waals surface area contributed by atoms with Crippen LogP contribution in [0.4, 0.5) is 5.13 Å². The molecule has 0 aliphatic rings. The first kappa shape index (κ1) is 28.4. The summed E-state index contributed by atoms with van der Waals surface area (Å²) >= 11 is 1.26. The highest BCUT2D eigenvalue weighted by Gasteiger charge is 2.26. The molecule has 1 amide bonds. The molecule has 206 valence electrons. The molecule has 0 bridgehead atoms. The highest BCUT2D eigenvalue weighted by atomic mass is 32.2. The fourth-order valence-electron chi connectivity index (χ4n) is 3.56. The fraction of sp³-hybridized carbons (Fsp3) is 0.269. The van der Waals surface area contributed by atoms with Gasteiger partial charge in [0.1, 0.15) is 11.5 Å². The number of hydrazone groups is 1. The van der Waals surface area contributed by atoms with Gasteiger partial charge in [0.15, 0.2) is 0 Å². The first-order chi connectivity index (χ1) is 18.9. The third-order valence-electron chi connectivity index (χ3n) is 5.63. The zero-order valence-corrected chi connectivity index (χ0v) is 23.3. The van der Waals surface area contributed by atoms with Crippen LogP contribution in [-0.2, 0) is 19.5 Å². The van der Waals surface area contributed by atoms with Gasteiger partial charge in [-0.25, -0.2) is 13.4 Å². The van der Waals surface area contributed by atoms with Crippen LogP contribution in [-0.4, -0.2) is 77.5 Å². The lowest BCUT2D eigenvalue weighted by Crippen LogP contribution is -2.36. The lowest BCUT2D eigenvalue weighted by atomic mass is 10.2. The smallest absolute Gasteiger partial charge is 0.280 e. The molecule has 11 nitrogen and oxygen atoms in total. The van der Waals surface area contributed by atoms with Crippen molar-refractivity contribution in [1.82, 2.24) is 9.29 Å². The monoisotopic (exact) mass is 572 g/mol. The maximum absolute atomic E-state index is 13.6. The molecule has 0 spiro atoms. The van der Waals surface area contributed by atoms with Crippen molar-refractivity contribution in [2.75, 3.05) is 52.6 Å². The highest BCUT2D eigenvalue weighted by molar-refractivity contribution is 7.89. The zero-order chi connectivity index (χ0) is 27.8. The average molecular weight is 573 g/mol. The number of hydrogen-bond donors (Lipinski definition) is 0. The van der Waals surface area contributed by atoms with Gasteiger partial charge in [0, 0.05) is 32.9 Å². The number of fused-ring (bicyclic) bond motifs is 1. The number of thiazole rings is 1. The molecular weight excluding hydrogens is 544 g/mol. The van der Waals surface area contributed by atoms with Crippen molar-refractivity contribution in [3.05, 3.63) is 72.2 Å². The number of sulfonamides is 1. The van der Waals surface area contributed by atoms with Gasteiger partial charge in [0.05, 0.1) is 47.9 Å². The van der Waals surface area contributed by atoms with Crippen LogP contribution in [0.15, 0.2) is 75.3 Å². The number of carbonyl (C=O) groups excluding carboxylic acids is 1. The predicted octanol–water partition coefficient (Wildman–Crippen LogP) is 3.86. The van der Waals surface area contributed by atoms with E-state index in [2.05, 4.69) is 10.1 Å². The number of rotatable bonds is 13. The van der Waals surface area contributed by atoms with E-state index in [1.54, 1.807) is 31.4 Å². The molecule has 0 unspecified atom stereocenters. The Balaban J connectivity index is 1.65. The van der Waals surface area contributed by atoms with Gasteiger partial charge >= 0.3 is 0 Å². The molecule has 2 heterocycles. The lowest BCUT2D eigenvalue weighted by Gasteiger charge is -2.21. The van der Waals surface area contributed by atoms with Gasteiger partial charge in [-0.1, -0.05) is 11.3 Å². The number of furan rings is 1. The van der Waals surface area contributed by atoms with E-state index in [4.69, 9.17) is 18.6 Å². The van der Waals surface area contributed by atoms with Crippen molar-refractivity contribution in [2.24, 2.45) is 5.10 Å². The van der Waals surface area contributed by atoms with Crippen LogP contribution in [0.5, 0.6) is 5.75 Å². The van der Waals surface area contributed by atoms with Crippen LogP contribution in [0.3, 0.4) is 0 Å². The molecule has 0 aliphatic carbocycles. The van der Waals surface area contributed by atoms with Gasteiger partial charge < -0.3 is 18.6 Å². The van der Waals surface area contributed by atoms with Crippen LogP contribution in [0.1, 0.15) is 16.1 Å². The quantitative estimate of drug-likeness (QED) is 0.175. The van der Waals surface area contributed by atoms with Crippen LogP contribution in [0, 0.1) is 0 Å². The molecule has 0 saturated carbocycles. The molecule has 0 aliphatic heterocycles. The third-order valence-corrected chi connectivity index (χ3v) is 8.54. The Morgan fingerprint density at radius 2 is 1.77 bits per heavy atom. The summed E-state index contributed by atoms with van der Waals surface area (Å²) in [6, 6.07) is 14.5. The number of methoxy groups -OCH3 is 3. The van der Waals surface area contributed by atoms with E-state index in [0.717, 1.165) is 9.71 Å². The number of nitrogens with zero attached hydrogens (tertiary/aromatic N) is 4. The maximum Gasteiger partial charge on any atom is 0.280 e. The van der Waals surface area contributed by atoms with Gasteiger partial charge in [-0.15, -0.1) is 0 Å². The summed E-state index contributed by atoms with van der Waals surface area (Å²) in [4.78, 5) is 18.2. The average Bonchev–Trinajstić information content (AvgIpc) is 3.62. The van der Waals surface area contributed by atoms with Crippen molar-refractivity contribution in [3.8, 4) is 5.75 Å². The Kier molecular flexibility index (Phi) is 9.43. The lowest BCUT2D eigenvalue weighted by molar-refractivity contribution is 0.0987. The van der Waals surface area contributed by atoms with Crippen molar-refractivity contribution >= 4 is 48.8 Å². The normalized spacial score (nSPS) is 12.0. The molecule has 2 aromatic carbocycles. The third kappa shape index (κ3) is 6.69. The minimum absolute atomic E-state index is 0.0453. The van der Waals surface area contributed by atoms with E-state index < -0.39 is 15.9 Å². The second-order valence-corrected chi connectivity index (χ2v) is 11.1. The highest BCUT2D eigenvalue weighted by Crippen LogP contribution is 2.32. The van der Waals surface area contributed by atoms with Crippen molar-refractivity contribution in [2.45, 2.75) is 4.90 Å². The van der Waals surface area contributed by atoms with Crippen molar-refractivity contribution < 1.29 is 31.8 Å². The minimum atomic E-state index is -3.84. The summed E-state index contributed by atoms with van der Waals surface area (Å²) in [5.74, 6) is 0.615. The Bertz CT molecular complexity index is 1510. The number of aromatic nitrogens is 1. The molecule has 0 N–H and O–H groups in total. The molecule has 4 aromatic rings. The Morgan fingerprint density at radius 1 is 1.05 bits per heavy atom. The van der Waals surface area contributed by atoms with E-state index in [9.17, 15) is 13.2 Å². The number of hydrogen-bond acceptors (Lipinski definition) is 10. The molecule has 0 atom stereocenters. The Labute approximate surface area is 230 Å². The van der Waals surface area contributed by atoms with Crippen LogP contribution < -0.4 is 9.75 Å². The molecule has 0 fully saturated rings. The summed E-state index contributed by atoms with van der Waals surface area (Å²) in [6.45, 7) is 0.799. The van der Waals surface area contributed by atoms with Gasteiger partial charge in [-0.3, -0.25) is 4.79 Å². The fourth-order valence-corrected chi connectivity index (χ4v) is 5.92. The zero-order valence-electron chi connectivity index (χ0n) is 21.6. The van der Waals surface area contributed by atoms with E-state index in [1.807, 2.05) is 6.07 Å². The summed E-state index contributed by atoms with van der Waals surface area (Å²) in [5.41, 5.74) is 0.901. The van der Waals surface area contributed by atoms with Crippen LogP contribution in [0.2, 0.25) is 0 Å². The molecule has 2 aromatic heterocycles. The van der Waals surface area contributed by atoms with Crippen LogP contribution >= 0.6 is 11.3 Å². The van der Waals surface area contributed by atoms with Crippen molar-refractivity contribution in [1.29, 1.82) is 0 Å². The number of amides is 1.